The topological polar surface area (TPSA) is 12.9 Å². The summed E-state index contributed by atoms with van der Waals surface area (Å²) in [5, 5.41) is 0. The molecule has 0 spiro atoms. The van der Waals surface area contributed by atoms with Gasteiger partial charge in [0.2, 0.25) is 0 Å². The Balaban J connectivity index is 2.51. The normalized spacial score (nSPS) is 16.1. The summed E-state index contributed by atoms with van der Waals surface area (Å²) in [4.78, 5) is 4.50. The molecule has 0 bridgehead atoms. The lowest BCUT2D eigenvalue weighted by Crippen LogP contribution is -2.14. The van der Waals surface area contributed by atoms with Gasteiger partial charge in [-0.1, -0.05) is 32.9 Å². The molecular weight excluding hydrogens is 170 g/mol. The lowest BCUT2D eigenvalue weighted by atomic mass is 9.79. The van der Waals surface area contributed by atoms with E-state index in [1.54, 1.807) is 0 Å². The smallest absolute Gasteiger partial charge is 0.0695 e. The highest BCUT2D eigenvalue weighted by molar-refractivity contribution is 5.70. The van der Waals surface area contributed by atoms with E-state index in [1.165, 1.54) is 16.8 Å². The zero-order chi connectivity index (χ0) is 10.2. The fourth-order valence-corrected chi connectivity index (χ4v) is 2.01. The summed E-state index contributed by atoms with van der Waals surface area (Å²) in [6.45, 7) is 6.76. The largest absolute Gasteiger partial charge is 0.256 e. The summed E-state index contributed by atoms with van der Waals surface area (Å²) in [5.41, 5.74) is 4.23. The van der Waals surface area contributed by atoms with E-state index in [0.29, 0.717) is 0 Å². The number of hydrogen-bond acceptors (Lipinski definition) is 1. The molecule has 1 aliphatic rings. The third-order valence-corrected chi connectivity index (χ3v) is 2.72. The molecule has 14 heavy (non-hydrogen) atoms. The molecule has 74 valence electrons. The standard InChI is InChI=1S/C13H17N/c1-13(2,3)11-8-4-6-10-7-5-9-14-12(10)11/h5,7-9H,4,6H2,1-3H3. The van der Waals surface area contributed by atoms with Crippen molar-refractivity contribution in [2.75, 3.05) is 0 Å². The van der Waals surface area contributed by atoms with Crippen LogP contribution in [0.25, 0.3) is 5.57 Å². The Morgan fingerprint density at radius 1 is 1.29 bits per heavy atom. The van der Waals surface area contributed by atoms with Gasteiger partial charge in [0.1, 0.15) is 0 Å². The van der Waals surface area contributed by atoms with Gasteiger partial charge >= 0.3 is 0 Å². The molecular formula is C13H17N. The zero-order valence-corrected chi connectivity index (χ0v) is 9.17. The summed E-state index contributed by atoms with van der Waals surface area (Å²) in [7, 11) is 0. The van der Waals surface area contributed by atoms with Gasteiger partial charge in [-0.25, -0.2) is 0 Å². The number of nitrogens with zero attached hydrogens (tertiary/aromatic N) is 1. The predicted octanol–water partition coefficient (Wildman–Crippen LogP) is 3.46. The van der Waals surface area contributed by atoms with Crippen molar-refractivity contribution in [3.8, 4) is 0 Å². The maximum Gasteiger partial charge on any atom is 0.0695 e. The molecule has 0 unspecified atom stereocenters. The third-order valence-electron chi connectivity index (χ3n) is 2.72. The van der Waals surface area contributed by atoms with Crippen molar-refractivity contribution in [2.24, 2.45) is 5.41 Å². The first kappa shape index (κ1) is 9.45. The van der Waals surface area contributed by atoms with Crippen LogP contribution in [0.5, 0.6) is 0 Å². The molecule has 1 aliphatic carbocycles. The molecule has 1 heterocycles. The first-order valence-corrected chi connectivity index (χ1v) is 5.24. The number of pyridine rings is 1. The maximum absolute atomic E-state index is 4.50. The summed E-state index contributed by atoms with van der Waals surface area (Å²) in [5.74, 6) is 0. The Kier molecular flexibility index (Phi) is 2.18. The van der Waals surface area contributed by atoms with Crippen molar-refractivity contribution in [1.82, 2.24) is 4.98 Å². The number of rotatable bonds is 0. The minimum atomic E-state index is 0.212. The monoisotopic (exact) mass is 187 g/mol. The minimum absolute atomic E-state index is 0.212. The van der Waals surface area contributed by atoms with Gasteiger partial charge in [-0.05, 0) is 35.5 Å². The summed E-state index contributed by atoms with van der Waals surface area (Å²) in [6, 6.07) is 4.23. The van der Waals surface area contributed by atoms with E-state index in [9.17, 15) is 0 Å². The number of fused-ring (bicyclic) bond motifs is 1. The van der Waals surface area contributed by atoms with Crippen LogP contribution in [-0.2, 0) is 6.42 Å². The van der Waals surface area contributed by atoms with E-state index in [1.807, 2.05) is 12.3 Å². The van der Waals surface area contributed by atoms with Crippen molar-refractivity contribution in [2.45, 2.75) is 33.6 Å². The molecule has 0 N–H and O–H groups in total. The fourth-order valence-electron chi connectivity index (χ4n) is 2.01. The van der Waals surface area contributed by atoms with Crippen molar-refractivity contribution in [3.63, 3.8) is 0 Å². The molecule has 2 rings (SSSR count). The van der Waals surface area contributed by atoms with Gasteiger partial charge < -0.3 is 0 Å². The SMILES string of the molecule is CC(C)(C)C1=CCCc2cccnc21. The van der Waals surface area contributed by atoms with Crippen LogP contribution in [0, 0.1) is 5.41 Å². The molecule has 0 radical (unpaired) electrons. The average molecular weight is 187 g/mol. The molecule has 0 saturated heterocycles. The highest BCUT2D eigenvalue weighted by Gasteiger charge is 2.23. The van der Waals surface area contributed by atoms with E-state index in [0.717, 1.165) is 12.8 Å². The number of aryl methyl sites for hydroxylation is 1. The van der Waals surface area contributed by atoms with Gasteiger partial charge in [0, 0.05) is 6.20 Å². The van der Waals surface area contributed by atoms with Gasteiger partial charge in [-0.3, -0.25) is 4.98 Å². The number of aromatic nitrogens is 1. The summed E-state index contributed by atoms with van der Waals surface area (Å²) < 4.78 is 0. The van der Waals surface area contributed by atoms with Crippen LogP contribution in [0.3, 0.4) is 0 Å². The molecule has 0 atom stereocenters. The van der Waals surface area contributed by atoms with Gasteiger partial charge in [0.25, 0.3) is 0 Å². The van der Waals surface area contributed by atoms with E-state index in [2.05, 4.69) is 37.9 Å². The molecule has 1 nitrogen and oxygen atoms in total. The first-order valence-electron chi connectivity index (χ1n) is 5.24. The second-order valence-corrected chi connectivity index (χ2v) is 4.92. The van der Waals surface area contributed by atoms with E-state index >= 15 is 0 Å². The molecule has 0 fully saturated rings. The van der Waals surface area contributed by atoms with Gasteiger partial charge in [-0.15, -0.1) is 0 Å². The van der Waals surface area contributed by atoms with E-state index < -0.39 is 0 Å². The van der Waals surface area contributed by atoms with Gasteiger partial charge in [0.15, 0.2) is 0 Å². The second kappa shape index (κ2) is 3.23. The van der Waals surface area contributed by atoms with Crippen LogP contribution in [-0.4, -0.2) is 4.98 Å². The van der Waals surface area contributed by atoms with Crippen LogP contribution in [0.15, 0.2) is 24.4 Å². The Hall–Kier alpha value is -1.11. The van der Waals surface area contributed by atoms with Crippen molar-refractivity contribution < 1.29 is 0 Å². The summed E-state index contributed by atoms with van der Waals surface area (Å²) >= 11 is 0. The predicted molar refractivity (Wildman–Crippen MR) is 60.0 cm³/mol. The third kappa shape index (κ3) is 1.59. The lowest BCUT2D eigenvalue weighted by Gasteiger charge is -2.27. The lowest BCUT2D eigenvalue weighted by molar-refractivity contribution is 0.559. The Morgan fingerprint density at radius 2 is 2.07 bits per heavy atom. The van der Waals surface area contributed by atoms with Crippen LogP contribution in [0.1, 0.15) is 38.4 Å². The Morgan fingerprint density at radius 3 is 2.79 bits per heavy atom. The molecule has 0 aromatic carbocycles. The highest BCUT2D eigenvalue weighted by Crippen LogP contribution is 2.37. The Bertz CT molecular complexity index is 369. The molecule has 1 heteroatoms. The quantitative estimate of drug-likeness (QED) is 0.606. The maximum atomic E-state index is 4.50. The van der Waals surface area contributed by atoms with Crippen molar-refractivity contribution >= 4 is 5.57 Å². The van der Waals surface area contributed by atoms with Crippen LogP contribution in [0.4, 0.5) is 0 Å². The van der Waals surface area contributed by atoms with Crippen molar-refractivity contribution in [3.05, 3.63) is 35.7 Å². The average Bonchev–Trinajstić information content (AvgIpc) is 2.15. The van der Waals surface area contributed by atoms with Gasteiger partial charge in [0.05, 0.1) is 5.69 Å². The highest BCUT2D eigenvalue weighted by atomic mass is 14.7. The van der Waals surface area contributed by atoms with E-state index in [4.69, 9.17) is 0 Å². The number of hydrogen-bond donors (Lipinski definition) is 0. The van der Waals surface area contributed by atoms with E-state index in [-0.39, 0.29) is 5.41 Å². The zero-order valence-electron chi connectivity index (χ0n) is 9.17. The van der Waals surface area contributed by atoms with Gasteiger partial charge in [-0.2, -0.15) is 0 Å². The molecule has 1 aromatic heterocycles. The molecule has 0 aliphatic heterocycles. The fraction of sp³-hybridized carbons (Fsp3) is 0.462. The first-order chi connectivity index (χ1) is 6.59. The summed E-state index contributed by atoms with van der Waals surface area (Å²) in [6.07, 6.45) is 6.53. The second-order valence-electron chi connectivity index (χ2n) is 4.92. The van der Waals surface area contributed by atoms with Crippen LogP contribution < -0.4 is 0 Å². The van der Waals surface area contributed by atoms with Crippen molar-refractivity contribution in [1.29, 1.82) is 0 Å². The molecule has 1 aromatic rings. The molecule has 0 saturated carbocycles. The number of allylic oxidation sites excluding steroid dienone is 2. The van der Waals surface area contributed by atoms with Crippen LogP contribution >= 0.6 is 0 Å². The minimum Gasteiger partial charge on any atom is -0.256 e. The molecule has 0 amide bonds. The van der Waals surface area contributed by atoms with Crippen LogP contribution in [0.2, 0.25) is 0 Å². The Labute approximate surface area is 85.9 Å².